The number of hydrogen-bond donors (Lipinski definition) is 1. The van der Waals surface area contributed by atoms with E-state index in [9.17, 15) is 4.57 Å². The van der Waals surface area contributed by atoms with Gasteiger partial charge in [0.1, 0.15) is 5.75 Å². The Kier molecular flexibility index (Phi) is 8.20. The minimum Gasteiger partial charge on any atom is -0.497 e. The molecule has 1 atom stereocenters. The first-order chi connectivity index (χ1) is 14.6. The summed E-state index contributed by atoms with van der Waals surface area (Å²) in [4.78, 5) is 2.41. The molecular formula is C23H33N2O4P. The molecule has 1 unspecified atom stereocenters. The van der Waals surface area contributed by atoms with Crippen molar-refractivity contribution in [3.63, 3.8) is 0 Å². The molecule has 7 heteroatoms. The van der Waals surface area contributed by atoms with Gasteiger partial charge in [-0.15, -0.1) is 0 Å². The maximum Gasteiger partial charge on any atom is 0.357 e. The summed E-state index contributed by atoms with van der Waals surface area (Å²) in [5.74, 6) is 0.0989. The van der Waals surface area contributed by atoms with Crippen molar-refractivity contribution in [1.82, 2.24) is 0 Å². The maximum absolute atomic E-state index is 13.7. The quantitative estimate of drug-likeness (QED) is 0.460. The number of nitrogens with zero attached hydrogens (tertiary/aromatic N) is 1. The fourth-order valence-corrected chi connectivity index (χ4v) is 5.72. The third kappa shape index (κ3) is 5.57. The van der Waals surface area contributed by atoms with Gasteiger partial charge >= 0.3 is 7.60 Å². The smallest absolute Gasteiger partial charge is 0.357 e. The average molecular weight is 433 g/mol. The van der Waals surface area contributed by atoms with Crippen molar-refractivity contribution >= 4 is 19.0 Å². The van der Waals surface area contributed by atoms with Gasteiger partial charge in [0.2, 0.25) is 0 Å². The van der Waals surface area contributed by atoms with Gasteiger partial charge in [-0.25, -0.2) is 0 Å². The molecular weight excluding hydrogens is 399 g/mol. The number of piperidine rings is 1. The summed E-state index contributed by atoms with van der Waals surface area (Å²) >= 11 is 0. The van der Waals surface area contributed by atoms with Gasteiger partial charge < -0.3 is 24.0 Å². The van der Waals surface area contributed by atoms with Crippen LogP contribution in [0, 0.1) is 0 Å². The Morgan fingerprint density at radius 1 is 1.00 bits per heavy atom. The Morgan fingerprint density at radius 3 is 2.27 bits per heavy atom. The van der Waals surface area contributed by atoms with Crippen molar-refractivity contribution in [2.45, 2.75) is 38.9 Å². The van der Waals surface area contributed by atoms with Crippen molar-refractivity contribution in [3.8, 4) is 5.75 Å². The third-order valence-corrected chi connectivity index (χ3v) is 7.53. The highest BCUT2D eigenvalue weighted by Gasteiger charge is 2.37. The Hall–Kier alpha value is -2.01. The molecule has 30 heavy (non-hydrogen) atoms. The molecule has 3 rings (SSSR count). The zero-order valence-corrected chi connectivity index (χ0v) is 19.1. The van der Waals surface area contributed by atoms with Gasteiger partial charge in [0.15, 0.2) is 5.78 Å². The summed E-state index contributed by atoms with van der Waals surface area (Å²) in [6.45, 7) is 6.43. The van der Waals surface area contributed by atoms with Gasteiger partial charge in [-0.1, -0.05) is 18.2 Å². The monoisotopic (exact) mass is 432 g/mol. The highest BCUT2D eigenvalue weighted by atomic mass is 31.2. The van der Waals surface area contributed by atoms with E-state index in [1.165, 1.54) is 24.9 Å². The van der Waals surface area contributed by atoms with Crippen LogP contribution in [0.5, 0.6) is 5.75 Å². The second kappa shape index (κ2) is 10.9. The summed E-state index contributed by atoms with van der Waals surface area (Å²) in [5.41, 5.74) is 2.85. The van der Waals surface area contributed by atoms with E-state index in [1.807, 2.05) is 50.2 Å². The molecule has 0 radical (unpaired) electrons. The van der Waals surface area contributed by atoms with E-state index in [2.05, 4.69) is 22.3 Å². The predicted octanol–water partition coefficient (Wildman–Crippen LogP) is 6.06. The van der Waals surface area contributed by atoms with Crippen molar-refractivity contribution in [2.24, 2.45) is 0 Å². The predicted molar refractivity (Wildman–Crippen MR) is 123 cm³/mol. The van der Waals surface area contributed by atoms with Gasteiger partial charge in [0, 0.05) is 30.5 Å². The minimum atomic E-state index is -3.45. The normalized spacial score (nSPS) is 15.6. The zero-order valence-electron chi connectivity index (χ0n) is 18.2. The van der Waals surface area contributed by atoms with Gasteiger partial charge in [-0.05, 0) is 62.9 Å². The van der Waals surface area contributed by atoms with Crippen molar-refractivity contribution in [1.29, 1.82) is 0 Å². The topological polar surface area (TPSA) is 60.0 Å². The number of ether oxygens (including phenoxy) is 1. The summed E-state index contributed by atoms with van der Waals surface area (Å²) in [6.07, 6.45) is 3.75. The molecule has 2 aromatic carbocycles. The van der Waals surface area contributed by atoms with Crippen LogP contribution >= 0.6 is 7.60 Å². The lowest BCUT2D eigenvalue weighted by Crippen LogP contribution is -2.29. The average Bonchev–Trinajstić information content (AvgIpc) is 2.79. The van der Waals surface area contributed by atoms with E-state index in [-0.39, 0.29) is 0 Å². The standard InChI is InChI=1S/C23H33N2O4P/c1-4-28-30(26,29-5-2)23(24-20-10-9-11-22(18-20)27-3)19-12-14-21(15-13-19)25-16-7-6-8-17-25/h9-15,18,23-24H,4-8,16-17H2,1-3H3. The Bertz CT molecular complexity index is 827. The first kappa shape index (κ1) is 22.7. The van der Waals surface area contributed by atoms with E-state index in [1.54, 1.807) is 7.11 Å². The number of hydrogen-bond acceptors (Lipinski definition) is 6. The van der Waals surface area contributed by atoms with Crippen LogP contribution in [0.3, 0.4) is 0 Å². The van der Waals surface area contributed by atoms with Crippen LogP contribution in [-0.2, 0) is 13.6 Å². The molecule has 1 fully saturated rings. The maximum atomic E-state index is 13.7. The molecule has 0 amide bonds. The lowest BCUT2D eigenvalue weighted by Gasteiger charge is -2.30. The second-order valence-electron chi connectivity index (χ2n) is 7.29. The van der Waals surface area contributed by atoms with Crippen LogP contribution in [0.2, 0.25) is 0 Å². The molecule has 164 valence electrons. The molecule has 0 saturated carbocycles. The van der Waals surface area contributed by atoms with Gasteiger partial charge in [-0.3, -0.25) is 4.57 Å². The highest BCUT2D eigenvalue weighted by Crippen LogP contribution is 2.60. The van der Waals surface area contributed by atoms with E-state index in [0.29, 0.717) is 13.2 Å². The Balaban J connectivity index is 1.92. The van der Waals surface area contributed by atoms with Gasteiger partial charge in [0.05, 0.1) is 20.3 Å². The molecule has 0 bridgehead atoms. The molecule has 6 nitrogen and oxygen atoms in total. The van der Waals surface area contributed by atoms with Crippen LogP contribution in [0.1, 0.15) is 44.5 Å². The van der Waals surface area contributed by atoms with E-state index >= 15 is 0 Å². The summed E-state index contributed by atoms with van der Waals surface area (Å²) in [7, 11) is -1.83. The number of nitrogens with one attached hydrogen (secondary N) is 1. The second-order valence-corrected chi connectivity index (χ2v) is 9.41. The van der Waals surface area contributed by atoms with Crippen molar-refractivity contribution in [3.05, 3.63) is 54.1 Å². The fourth-order valence-electron chi connectivity index (χ4n) is 3.78. The summed E-state index contributed by atoms with van der Waals surface area (Å²) < 4.78 is 30.4. The van der Waals surface area contributed by atoms with Crippen molar-refractivity contribution in [2.75, 3.05) is 43.6 Å². The van der Waals surface area contributed by atoms with Crippen LogP contribution in [0.25, 0.3) is 0 Å². The third-order valence-electron chi connectivity index (χ3n) is 5.24. The lowest BCUT2D eigenvalue weighted by molar-refractivity contribution is 0.214. The number of benzene rings is 2. The van der Waals surface area contributed by atoms with Gasteiger partial charge in [-0.2, -0.15) is 0 Å². The van der Waals surface area contributed by atoms with Crippen LogP contribution < -0.4 is 15.0 Å². The SMILES string of the molecule is CCOP(=O)(OCC)C(Nc1cccc(OC)c1)c1ccc(N2CCCCC2)cc1. The fraction of sp³-hybridized carbons (Fsp3) is 0.478. The molecule has 0 spiro atoms. The van der Waals surface area contributed by atoms with E-state index in [4.69, 9.17) is 13.8 Å². The first-order valence-corrected chi connectivity index (χ1v) is 12.3. The summed E-state index contributed by atoms with van der Waals surface area (Å²) in [5, 5.41) is 3.37. The van der Waals surface area contributed by atoms with Crippen LogP contribution in [0.15, 0.2) is 48.5 Å². The molecule has 1 heterocycles. The number of methoxy groups -OCH3 is 1. The molecule has 1 saturated heterocycles. The first-order valence-electron chi connectivity index (χ1n) is 10.7. The lowest BCUT2D eigenvalue weighted by atomic mass is 10.1. The highest BCUT2D eigenvalue weighted by molar-refractivity contribution is 7.54. The number of anilines is 2. The van der Waals surface area contributed by atoms with E-state index in [0.717, 1.165) is 30.1 Å². The summed E-state index contributed by atoms with van der Waals surface area (Å²) in [6, 6.07) is 15.8. The van der Waals surface area contributed by atoms with Crippen LogP contribution in [-0.4, -0.2) is 33.4 Å². The largest absolute Gasteiger partial charge is 0.497 e. The molecule has 1 aliphatic rings. The zero-order chi connectivity index (χ0) is 21.4. The van der Waals surface area contributed by atoms with E-state index < -0.39 is 13.4 Å². The minimum absolute atomic E-state index is 0.305. The Morgan fingerprint density at radius 2 is 1.67 bits per heavy atom. The van der Waals surface area contributed by atoms with Gasteiger partial charge in [0.25, 0.3) is 0 Å². The molecule has 2 aromatic rings. The molecule has 0 aliphatic carbocycles. The van der Waals surface area contributed by atoms with Crippen LogP contribution in [0.4, 0.5) is 11.4 Å². The number of rotatable bonds is 10. The molecule has 0 aromatic heterocycles. The Labute approximate surface area is 180 Å². The van der Waals surface area contributed by atoms with Crippen molar-refractivity contribution < 1.29 is 18.3 Å². The molecule has 1 aliphatic heterocycles. The molecule has 1 N–H and O–H groups in total.